The molecule has 0 aliphatic carbocycles. The average molecular weight is 476 g/mol. The highest BCUT2D eigenvalue weighted by Gasteiger charge is 2.35. The van der Waals surface area contributed by atoms with E-state index in [4.69, 9.17) is 24.5 Å². The van der Waals surface area contributed by atoms with Gasteiger partial charge < -0.3 is 20.1 Å². The summed E-state index contributed by atoms with van der Waals surface area (Å²) in [4.78, 5) is 26.2. The smallest absolute Gasteiger partial charge is 0.290 e. The predicted molar refractivity (Wildman–Crippen MR) is 130 cm³/mol. The Balaban J connectivity index is 0.000000618. The number of β-amino-alcohol motifs (C(OH)–C–C–N with tert-alkyl or cyclic N) is 1. The van der Waals surface area contributed by atoms with Crippen molar-refractivity contribution < 1.29 is 29.6 Å². The third-order valence-corrected chi connectivity index (χ3v) is 6.11. The van der Waals surface area contributed by atoms with Crippen LogP contribution in [0, 0.1) is 11.3 Å². The number of carboxylic acid groups (broad SMARTS) is 2. The molecular weight excluding hydrogens is 438 g/mol. The highest BCUT2D eigenvalue weighted by atomic mass is 16.5. The second-order valence-electron chi connectivity index (χ2n) is 9.48. The molecule has 0 unspecified atom stereocenters. The van der Waals surface area contributed by atoms with Crippen molar-refractivity contribution in [2.45, 2.75) is 26.4 Å². The summed E-state index contributed by atoms with van der Waals surface area (Å²) in [6.45, 7) is 11.8. The summed E-state index contributed by atoms with van der Waals surface area (Å²) in [5.41, 5.74) is 2.54. The Hall–Kier alpha value is -2.59. The summed E-state index contributed by atoms with van der Waals surface area (Å²) in [5, 5.41) is 25.7. The number of pyridine rings is 1. The lowest BCUT2D eigenvalue weighted by molar-refractivity contribution is -0.123. The molecule has 2 saturated heterocycles. The fraction of sp³-hybridized carbons (Fsp3) is 0.560. The molecule has 3 N–H and O–H groups in total. The van der Waals surface area contributed by atoms with Crippen LogP contribution in [-0.2, 0) is 20.7 Å². The lowest BCUT2D eigenvalue weighted by atomic mass is 9.91. The number of carbonyl (C=O) groups is 2. The highest BCUT2D eigenvalue weighted by molar-refractivity contribution is 5.81. The fourth-order valence-corrected chi connectivity index (χ4v) is 4.91. The topological polar surface area (TPSA) is 123 Å². The third-order valence-electron chi connectivity index (χ3n) is 6.11. The van der Waals surface area contributed by atoms with Gasteiger partial charge in [0.15, 0.2) is 0 Å². The Morgan fingerprint density at radius 3 is 2.32 bits per heavy atom. The zero-order valence-electron chi connectivity index (χ0n) is 20.0. The number of hydrogen-bond acceptors (Lipinski definition) is 7. The van der Waals surface area contributed by atoms with Gasteiger partial charge in [0.1, 0.15) is 0 Å². The van der Waals surface area contributed by atoms with Crippen LogP contribution in [0.15, 0.2) is 36.5 Å². The average Bonchev–Trinajstić information content (AvgIpc) is 3.13. The molecule has 9 nitrogen and oxygen atoms in total. The molecule has 188 valence electrons. The zero-order chi connectivity index (χ0) is 25.0. The molecule has 1 aromatic carbocycles. The first kappa shape index (κ1) is 27.7. The summed E-state index contributed by atoms with van der Waals surface area (Å²) in [6, 6.07) is 10.4. The van der Waals surface area contributed by atoms with Crippen LogP contribution < -0.4 is 0 Å². The Bertz CT molecular complexity index is 877. The van der Waals surface area contributed by atoms with Gasteiger partial charge in [0, 0.05) is 56.8 Å². The monoisotopic (exact) mass is 475 g/mol. The Morgan fingerprint density at radius 1 is 1.03 bits per heavy atom. The van der Waals surface area contributed by atoms with E-state index in [9.17, 15) is 5.11 Å². The Labute approximate surface area is 201 Å². The Morgan fingerprint density at radius 2 is 1.65 bits per heavy atom. The lowest BCUT2D eigenvalue weighted by Crippen LogP contribution is -2.45. The molecule has 0 bridgehead atoms. The number of fused-ring (bicyclic) bond motifs is 1. The maximum Gasteiger partial charge on any atom is 0.290 e. The molecule has 2 aliphatic heterocycles. The molecule has 2 aliphatic rings. The van der Waals surface area contributed by atoms with Gasteiger partial charge in [-0.15, -0.1) is 0 Å². The molecule has 4 rings (SSSR count). The van der Waals surface area contributed by atoms with E-state index in [1.165, 1.54) is 10.9 Å². The van der Waals surface area contributed by atoms with Crippen molar-refractivity contribution in [2.75, 3.05) is 52.5 Å². The van der Waals surface area contributed by atoms with E-state index in [1.54, 1.807) is 0 Å². The normalized spacial score (nSPS) is 21.1. The summed E-state index contributed by atoms with van der Waals surface area (Å²) in [5.74, 6) is 0.282. The van der Waals surface area contributed by atoms with Crippen LogP contribution in [-0.4, -0.2) is 102 Å². The molecular formula is C25H37N3O6. The van der Waals surface area contributed by atoms with Gasteiger partial charge in [-0.3, -0.25) is 24.4 Å². The van der Waals surface area contributed by atoms with E-state index in [-0.39, 0.29) is 30.4 Å². The summed E-state index contributed by atoms with van der Waals surface area (Å²) in [6.07, 6.45) is 2.54. The lowest BCUT2D eigenvalue weighted by Gasteiger charge is -2.37. The van der Waals surface area contributed by atoms with E-state index in [0.717, 1.165) is 64.4 Å². The predicted octanol–water partition coefficient (Wildman–Crippen LogP) is 1.83. The number of aromatic nitrogens is 1. The first-order chi connectivity index (χ1) is 16.3. The van der Waals surface area contributed by atoms with Crippen molar-refractivity contribution in [1.82, 2.24) is 14.8 Å². The zero-order valence-corrected chi connectivity index (χ0v) is 20.0. The van der Waals surface area contributed by atoms with Crippen LogP contribution in [0.25, 0.3) is 10.9 Å². The van der Waals surface area contributed by atoms with Gasteiger partial charge in [0.25, 0.3) is 12.9 Å². The molecule has 3 heterocycles. The number of aliphatic hydroxyl groups excluding tert-OH is 1. The SMILES string of the molecule is CC(C)(CN1CCOCC1)CN1C[C@@H](Cc2ccnc3ccccc23)[C@@H](O)C1.O=CO.O=CO. The van der Waals surface area contributed by atoms with Crippen LogP contribution in [0.4, 0.5) is 0 Å². The van der Waals surface area contributed by atoms with E-state index in [2.05, 4.69) is 52.9 Å². The van der Waals surface area contributed by atoms with Crippen molar-refractivity contribution in [3.63, 3.8) is 0 Å². The van der Waals surface area contributed by atoms with Gasteiger partial charge >= 0.3 is 0 Å². The molecule has 2 fully saturated rings. The molecule has 0 saturated carbocycles. The van der Waals surface area contributed by atoms with Gasteiger partial charge in [0.2, 0.25) is 0 Å². The standard InChI is InChI=1S/C23H33N3O2.2CH2O2/c1-23(2,16-25-9-11-28-12-10-25)17-26-14-19(22(27)15-26)13-18-7-8-24-21-6-4-3-5-20(18)21;2*2-1-3/h3-8,19,22,27H,9-17H2,1-2H3;2*1H,(H,2,3)/t19-,22+;;/m1../s1. The number of morpholine rings is 1. The summed E-state index contributed by atoms with van der Waals surface area (Å²) in [7, 11) is 0. The van der Waals surface area contributed by atoms with Gasteiger partial charge in [-0.1, -0.05) is 32.0 Å². The van der Waals surface area contributed by atoms with Crippen LogP contribution in [0.2, 0.25) is 0 Å². The first-order valence-electron chi connectivity index (χ1n) is 11.5. The van der Waals surface area contributed by atoms with E-state index in [1.807, 2.05) is 12.3 Å². The van der Waals surface area contributed by atoms with E-state index < -0.39 is 0 Å². The van der Waals surface area contributed by atoms with Crippen molar-refractivity contribution >= 4 is 23.8 Å². The quantitative estimate of drug-likeness (QED) is 0.537. The summed E-state index contributed by atoms with van der Waals surface area (Å²) >= 11 is 0. The molecule has 0 amide bonds. The second kappa shape index (κ2) is 14.0. The van der Waals surface area contributed by atoms with Gasteiger partial charge in [-0.25, -0.2) is 0 Å². The van der Waals surface area contributed by atoms with E-state index in [0.29, 0.717) is 0 Å². The Kier molecular flexibility index (Phi) is 11.4. The molecule has 34 heavy (non-hydrogen) atoms. The fourth-order valence-electron chi connectivity index (χ4n) is 4.91. The number of benzene rings is 1. The molecule has 0 radical (unpaired) electrons. The van der Waals surface area contributed by atoms with Gasteiger partial charge in [-0.2, -0.15) is 0 Å². The van der Waals surface area contributed by atoms with Gasteiger partial charge in [-0.05, 0) is 29.5 Å². The van der Waals surface area contributed by atoms with Crippen molar-refractivity contribution in [2.24, 2.45) is 11.3 Å². The van der Waals surface area contributed by atoms with Crippen molar-refractivity contribution in [3.8, 4) is 0 Å². The maximum atomic E-state index is 10.7. The molecule has 9 heteroatoms. The van der Waals surface area contributed by atoms with Crippen LogP contribution >= 0.6 is 0 Å². The third kappa shape index (κ3) is 8.64. The number of nitrogens with zero attached hydrogens (tertiary/aromatic N) is 3. The van der Waals surface area contributed by atoms with Crippen molar-refractivity contribution in [1.29, 1.82) is 0 Å². The summed E-state index contributed by atoms with van der Waals surface area (Å²) < 4.78 is 5.47. The minimum Gasteiger partial charge on any atom is -0.483 e. The number of ether oxygens (including phenoxy) is 1. The molecule has 2 aromatic rings. The molecule has 1 aromatic heterocycles. The largest absolute Gasteiger partial charge is 0.483 e. The molecule has 0 spiro atoms. The van der Waals surface area contributed by atoms with Crippen LogP contribution in [0.3, 0.4) is 0 Å². The number of likely N-dealkylation sites (tertiary alicyclic amines) is 1. The van der Waals surface area contributed by atoms with E-state index >= 15 is 0 Å². The minimum atomic E-state index is -0.258. The van der Waals surface area contributed by atoms with Crippen LogP contribution in [0.1, 0.15) is 19.4 Å². The molecule has 2 atom stereocenters. The first-order valence-corrected chi connectivity index (χ1v) is 11.5. The minimum absolute atomic E-state index is 0.204. The highest BCUT2D eigenvalue weighted by Crippen LogP contribution is 2.28. The number of aliphatic hydroxyl groups is 1. The second-order valence-corrected chi connectivity index (χ2v) is 9.48. The van der Waals surface area contributed by atoms with Gasteiger partial charge in [0.05, 0.1) is 24.8 Å². The number of rotatable bonds is 6. The van der Waals surface area contributed by atoms with Crippen LogP contribution in [0.5, 0.6) is 0 Å². The van der Waals surface area contributed by atoms with Crippen molar-refractivity contribution in [3.05, 3.63) is 42.1 Å². The number of para-hydroxylation sites is 1. The number of hydrogen-bond donors (Lipinski definition) is 3. The maximum absolute atomic E-state index is 10.7.